The van der Waals surface area contributed by atoms with Gasteiger partial charge in [0.25, 0.3) is 0 Å². The Labute approximate surface area is 173 Å². The van der Waals surface area contributed by atoms with E-state index in [-0.39, 0.29) is 5.91 Å². The number of aromatic nitrogens is 2. The van der Waals surface area contributed by atoms with Gasteiger partial charge in [0.05, 0.1) is 35.5 Å². The third-order valence-corrected chi connectivity index (χ3v) is 5.79. The average Bonchev–Trinajstić information content (AvgIpc) is 2.92. The molecule has 1 aliphatic carbocycles. The molecule has 0 unspecified atom stereocenters. The molecule has 0 saturated heterocycles. The number of rotatable bonds is 5. The summed E-state index contributed by atoms with van der Waals surface area (Å²) < 4.78 is 1.73. The normalized spacial score (nSPS) is 18.9. The van der Waals surface area contributed by atoms with Crippen molar-refractivity contribution < 1.29 is 14.7 Å². The molecule has 1 aromatic heterocycles. The summed E-state index contributed by atoms with van der Waals surface area (Å²) in [6, 6.07) is 5.30. The van der Waals surface area contributed by atoms with Crippen LogP contribution in [0.15, 0.2) is 30.4 Å². The largest absolute Gasteiger partial charge is 0.481 e. The van der Waals surface area contributed by atoms with E-state index in [4.69, 9.17) is 23.2 Å². The minimum absolute atomic E-state index is 0.307. The van der Waals surface area contributed by atoms with Gasteiger partial charge in [0.2, 0.25) is 5.91 Å². The van der Waals surface area contributed by atoms with Crippen molar-refractivity contribution in [1.82, 2.24) is 9.78 Å². The van der Waals surface area contributed by atoms with Gasteiger partial charge in [0.15, 0.2) is 0 Å². The minimum Gasteiger partial charge on any atom is -0.481 e. The van der Waals surface area contributed by atoms with Crippen LogP contribution in [-0.4, -0.2) is 26.8 Å². The number of allylic oxidation sites excluding steroid dienone is 2. The molecule has 1 amide bonds. The van der Waals surface area contributed by atoms with Crippen LogP contribution in [0, 0.1) is 25.7 Å². The highest BCUT2D eigenvalue weighted by molar-refractivity contribution is 6.35. The highest BCUT2D eigenvalue weighted by atomic mass is 35.5. The second-order valence-electron chi connectivity index (χ2n) is 6.89. The van der Waals surface area contributed by atoms with Gasteiger partial charge in [-0.2, -0.15) is 5.10 Å². The van der Waals surface area contributed by atoms with Gasteiger partial charge >= 0.3 is 5.97 Å². The van der Waals surface area contributed by atoms with Crippen LogP contribution in [0.3, 0.4) is 0 Å². The SMILES string of the molecule is Cc1nn(Cc2c(Cl)cccc2Cl)c(C)c1NC(=O)[C@@H]1CC=CC[C@H]1C(=O)O. The number of hydrogen-bond donors (Lipinski definition) is 2. The van der Waals surface area contributed by atoms with Gasteiger partial charge < -0.3 is 10.4 Å². The number of benzene rings is 1. The molecule has 0 fully saturated rings. The summed E-state index contributed by atoms with van der Waals surface area (Å²) in [7, 11) is 0. The van der Waals surface area contributed by atoms with Crippen LogP contribution in [0.1, 0.15) is 29.8 Å². The highest BCUT2D eigenvalue weighted by Crippen LogP contribution is 2.30. The number of aliphatic carboxylic acids is 1. The molecule has 0 saturated carbocycles. The van der Waals surface area contributed by atoms with Crippen molar-refractivity contribution in [2.45, 2.75) is 33.2 Å². The number of hydrogen-bond acceptors (Lipinski definition) is 3. The molecule has 148 valence electrons. The molecule has 8 heteroatoms. The van der Waals surface area contributed by atoms with Crippen LogP contribution < -0.4 is 5.32 Å². The van der Waals surface area contributed by atoms with Crippen LogP contribution in [0.4, 0.5) is 5.69 Å². The lowest BCUT2D eigenvalue weighted by atomic mass is 9.82. The molecule has 2 N–H and O–H groups in total. The Balaban J connectivity index is 1.83. The predicted octanol–water partition coefficient (Wildman–Crippen LogP) is 4.46. The molecule has 1 heterocycles. The number of anilines is 1. The maximum atomic E-state index is 12.8. The molecule has 28 heavy (non-hydrogen) atoms. The predicted molar refractivity (Wildman–Crippen MR) is 109 cm³/mol. The third-order valence-electron chi connectivity index (χ3n) is 5.09. The molecule has 0 spiro atoms. The van der Waals surface area contributed by atoms with E-state index in [0.29, 0.717) is 40.8 Å². The van der Waals surface area contributed by atoms with Crippen LogP contribution in [0.2, 0.25) is 10.0 Å². The molecular weight excluding hydrogens is 401 g/mol. The molecule has 0 bridgehead atoms. The maximum Gasteiger partial charge on any atom is 0.307 e. The Bertz CT molecular complexity index is 932. The zero-order valence-corrected chi connectivity index (χ0v) is 17.1. The van der Waals surface area contributed by atoms with E-state index < -0.39 is 17.8 Å². The topological polar surface area (TPSA) is 84.2 Å². The first-order valence-corrected chi connectivity index (χ1v) is 9.70. The Morgan fingerprint density at radius 3 is 2.39 bits per heavy atom. The van der Waals surface area contributed by atoms with E-state index in [2.05, 4.69) is 10.4 Å². The van der Waals surface area contributed by atoms with E-state index in [1.165, 1.54) is 0 Å². The minimum atomic E-state index is -0.956. The quantitative estimate of drug-likeness (QED) is 0.697. The number of carbonyl (C=O) groups excluding carboxylic acids is 1. The van der Waals surface area contributed by atoms with Gasteiger partial charge in [-0.1, -0.05) is 41.4 Å². The molecule has 1 aromatic carbocycles. The van der Waals surface area contributed by atoms with Crippen molar-refractivity contribution in [2.75, 3.05) is 5.32 Å². The van der Waals surface area contributed by atoms with Crippen molar-refractivity contribution in [3.8, 4) is 0 Å². The van der Waals surface area contributed by atoms with Gasteiger partial charge in [-0.15, -0.1) is 0 Å². The number of nitrogens with one attached hydrogen (secondary N) is 1. The first kappa shape index (κ1) is 20.4. The van der Waals surface area contributed by atoms with E-state index in [1.807, 2.05) is 19.1 Å². The molecule has 0 aliphatic heterocycles. The molecule has 2 aromatic rings. The zero-order valence-electron chi connectivity index (χ0n) is 15.6. The van der Waals surface area contributed by atoms with Crippen LogP contribution in [-0.2, 0) is 16.1 Å². The molecule has 2 atom stereocenters. The number of nitrogens with zero attached hydrogens (tertiary/aromatic N) is 2. The summed E-state index contributed by atoms with van der Waals surface area (Å²) in [6.45, 7) is 4.00. The summed E-state index contributed by atoms with van der Waals surface area (Å²) >= 11 is 12.5. The number of carboxylic acid groups (broad SMARTS) is 1. The van der Waals surface area contributed by atoms with Crippen molar-refractivity contribution in [3.05, 3.63) is 57.3 Å². The first-order valence-electron chi connectivity index (χ1n) is 8.95. The van der Waals surface area contributed by atoms with Crippen molar-refractivity contribution in [2.24, 2.45) is 11.8 Å². The lowest BCUT2D eigenvalue weighted by Crippen LogP contribution is -2.35. The molecular formula is C20H21Cl2N3O3. The first-order chi connectivity index (χ1) is 13.3. The fourth-order valence-corrected chi connectivity index (χ4v) is 3.97. The van der Waals surface area contributed by atoms with Gasteiger partial charge in [-0.3, -0.25) is 14.3 Å². The smallest absolute Gasteiger partial charge is 0.307 e. The van der Waals surface area contributed by atoms with Gasteiger partial charge in [0, 0.05) is 15.6 Å². The summed E-state index contributed by atoms with van der Waals surface area (Å²) in [6.07, 6.45) is 4.43. The van der Waals surface area contributed by atoms with Crippen molar-refractivity contribution in [3.63, 3.8) is 0 Å². The summed E-state index contributed by atoms with van der Waals surface area (Å²) in [5, 5.41) is 17.9. The monoisotopic (exact) mass is 421 g/mol. The number of amides is 1. The number of halogens is 2. The van der Waals surface area contributed by atoms with Crippen LogP contribution in [0.25, 0.3) is 0 Å². The zero-order chi connectivity index (χ0) is 20.4. The lowest BCUT2D eigenvalue weighted by Gasteiger charge is -2.24. The average molecular weight is 422 g/mol. The van der Waals surface area contributed by atoms with E-state index in [0.717, 1.165) is 11.3 Å². The van der Waals surface area contributed by atoms with Crippen LogP contribution in [0.5, 0.6) is 0 Å². The standard InChI is InChI=1S/C20H21Cl2N3O3/c1-11-18(23-19(26)13-6-3-4-7-14(13)20(27)28)12(2)25(24-11)10-15-16(21)8-5-9-17(15)22/h3-5,8-9,13-14H,6-7,10H2,1-2H3,(H,23,26)(H,27,28)/t13-,14-/m1/s1. The van der Waals surface area contributed by atoms with Crippen LogP contribution >= 0.6 is 23.2 Å². The van der Waals surface area contributed by atoms with Gasteiger partial charge in [-0.25, -0.2) is 0 Å². The summed E-state index contributed by atoms with van der Waals surface area (Å²) in [4.78, 5) is 24.2. The molecule has 1 aliphatic rings. The van der Waals surface area contributed by atoms with Gasteiger partial charge in [0.1, 0.15) is 0 Å². The number of carboxylic acids is 1. The van der Waals surface area contributed by atoms with Gasteiger partial charge in [-0.05, 0) is 38.8 Å². The molecule has 3 rings (SSSR count). The summed E-state index contributed by atoms with van der Waals surface area (Å²) in [5.74, 6) is -2.59. The van der Waals surface area contributed by atoms with E-state index >= 15 is 0 Å². The Kier molecular flexibility index (Phi) is 6.10. The van der Waals surface area contributed by atoms with Crippen molar-refractivity contribution >= 4 is 40.8 Å². The Morgan fingerprint density at radius 2 is 1.79 bits per heavy atom. The Hall–Kier alpha value is -2.31. The highest BCUT2D eigenvalue weighted by Gasteiger charge is 2.34. The van der Waals surface area contributed by atoms with E-state index in [9.17, 15) is 14.7 Å². The fourth-order valence-electron chi connectivity index (χ4n) is 3.46. The molecule has 0 radical (unpaired) electrons. The lowest BCUT2D eigenvalue weighted by molar-refractivity contribution is -0.146. The number of aryl methyl sites for hydroxylation is 1. The second-order valence-corrected chi connectivity index (χ2v) is 7.70. The number of carbonyl (C=O) groups is 2. The van der Waals surface area contributed by atoms with E-state index in [1.54, 1.807) is 29.8 Å². The van der Waals surface area contributed by atoms with Crippen molar-refractivity contribution in [1.29, 1.82) is 0 Å². The fraction of sp³-hybridized carbons (Fsp3) is 0.350. The second kappa shape index (κ2) is 8.37. The molecule has 6 nitrogen and oxygen atoms in total. The summed E-state index contributed by atoms with van der Waals surface area (Å²) in [5.41, 5.74) is 2.73. The maximum absolute atomic E-state index is 12.8. The Morgan fingerprint density at radius 1 is 1.18 bits per heavy atom. The third kappa shape index (κ3) is 4.08.